The van der Waals surface area contributed by atoms with E-state index in [0.29, 0.717) is 30.9 Å². The lowest BCUT2D eigenvalue weighted by Gasteiger charge is -2.20. The van der Waals surface area contributed by atoms with Crippen LogP contribution in [0.15, 0.2) is 18.2 Å². The first kappa shape index (κ1) is 19.8. The molecule has 1 aromatic carbocycles. The summed E-state index contributed by atoms with van der Waals surface area (Å²) in [6, 6.07) is 5.62. The van der Waals surface area contributed by atoms with Crippen LogP contribution in [-0.2, 0) is 14.4 Å². The molecule has 0 aromatic heterocycles. The summed E-state index contributed by atoms with van der Waals surface area (Å²) in [6.45, 7) is 2.78. The molecule has 1 fully saturated rings. The summed E-state index contributed by atoms with van der Waals surface area (Å²) in [7, 11) is 1.56. The van der Waals surface area contributed by atoms with Gasteiger partial charge in [-0.2, -0.15) is 0 Å². The van der Waals surface area contributed by atoms with E-state index in [1.165, 1.54) is 0 Å². The summed E-state index contributed by atoms with van der Waals surface area (Å²) in [5.41, 5.74) is 1.71. The van der Waals surface area contributed by atoms with Gasteiger partial charge in [-0.25, -0.2) is 0 Å². The third kappa shape index (κ3) is 5.21. The number of amides is 2. The van der Waals surface area contributed by atoms with Crippen LogP contribution in [0.25, 0.3) is 0 Å². The second kappa shape index (κ2) is 9.22. The van der Waals surface area contributed by atoms with Gasteiger partial charge in [-0.15, -0.1) is 0 Å². The molecule has 0 bridgehead atoms. The van der Waals surface area contributed by atoms with Crippen molar-refractivity contribution in [2.45, 2.75) is 39.0 Å². The Bertz CT molecular complexity index is 674. The van der Waals surface area contributed by atoms with Crippen molar-refractivity contribution in [3.63, 3.8) is 0 Å². The minimum atomic E-state index is -0.801. The molecule has 1 aliphatic heterocycles. The number of hydrogen-bond acceptors (Lipinski definition) is 4. The minimum absolute atomic E-state index is 0.0875. The predicted molar refractivity (Wildman–Crippen MR) is 97.3 cm³/mol. The zero-order valence-electron chi connectivity index (χ0n) is 15.3. The van der Waals surface area contributed by atoms with Crippen molar-refractivity contribution >= 4 is 23.5 Å². The average Bonchev–Trinajstić information content (AvgIpc) is 2.99. The molecule has 1 unspecified atom stereocenters. The number of nitrogens with zero attached hydrogens (tertiary/aromatic N) is 1. The van der Waals surface area contributed by atoms with E-state index in [1.807, 2.05) is 25.1 Å². The minimum Gasteiger partial charge on any atom is -0.495 e. The van der Waals surface area contributed by atoms with Crippen molar-refractivity contribution in [2.24, 2.45) is 5.92 Å². The molecule has 26 heavy (non-hydrogen) atoms. The number of carbonyl (C=O) groups is 3. The quantitative estimate of drug-likeness (QED) is 0.656. The lowest BCUT2D eigenvalue weighted by Crippen LogP contribution is -2.33. The number of benzene rings is 1. The summed E-state index contributed by atoms with van der Waals surface area (Å²) >= 11 is 0. The highest BCUT2D eigenvalue weighted by Crippen LogP contribution is 2.33. The second-order valence-electron chi connectivity index (χ2n) is 6.58. The maximum atomic E-state index is 12.4. The second-order valence-corrected chi connectivity index (χ2v) is 6.58. The molecule has 2 N–H and O–H groups in total. The van der Waals surface area contributed by atoms with Crippen LogP contribution >= 0.6 is 0 Å². The molecule has 2 rings (SSSR count). The molecular formula is C19H26N2O5. The van der Waals surface area contributed by atoms with Crippen LogP contribution in [0, 0.1) is 12.8 Å². The van der Waals surface area contributed by atoms with Gasteiger partial charge in [0.1, 0.15) is 5.75 Å². The maximum Gasteiger partial charge on any atom is 0.303 e. The predicted octanol–water partition coefficient (Wildman–Crippen LogP) is 2.12. The van der Waals surface area contributed by atoms with Crippen LogP contribution in [0.5, 0.6) is 5.75 Å². The summed E-state index contributed by atoms with van der Waals surface area (Å²) < 4.78 is 5.34. The zero-order chi connectivity index (χ0) is 19.1. The fourth-order valence-corrected chi connectivity index (χ4v) is 3.06. The third-order valence-electron chi connectivity index (χ3n) is 4.49. The summed E-state index contributed by atoms with van der Waals surface area (Å²) in [5.74, 6) is -0.790. The Morgan fingerprint density at radius 1 is 1.31 bits per heavy atom. The Labute approximate surface area is 153 Å². The largest absolute Gasteiger partial charge is 0.495 e. The molecule has 142 valence electrons. The van der Waals surface area contributed by atoms with Crippen molar-refractivity contribution in [1.82, 2.24) is 5.32 Å². The van der Waals surface area contributed by atoms with Crippen molar-refractivity contribution in [3.8, 4) is 5.75 Å². The highest BCUT2D eigenvalue weighted by atomic mass is 16.5. The first-order valence-corrected chi connectivity index (χ1v) is 8.87. The number of carboxylic acids is 1. The van der Waals surface area contributed by atoms with Crippen LogP contribution in [0.3, 0.4) is 0 Å². The van der Waals surface area contributed by atoms with Gasteiger partial charge < -0.3 is 20.1 Å². The molecule has 7 nitrogen and oxygen atoms in total. The van der Waals surface area contributed by atoms with Gasteiger partial charge in [-0.3, -0.25) is 14.4 Å². The number of aryl methyl sites for hydroxylation is 1. The highest BCUT2D eigenvalue weighted by Gasteiger charge is 2.36. The lowest BCUT2D eigenvalue weighted by atomic mass is 10.1. The molecule has 0 saturated carbocycles. The van der Waals surface area contributed by atoms with Crippen molar-refractivity contribution in [2.75, 3.05) is 25.1 Å². The highest BCUT2D eigenvalue weighted by molar-refractivity contribution is 6.01. The maximum absolute atomic E-state index is 12.4. The molecule has 0 radical (unpaired) electrons. The molecule has 2 amide bonds. The fraction of sp³-hybridized carbons (Fsp3) is 0.526. The van der Waals surface area contributed by atoms with Crippen LogP contribution in [0.2, 0.25) is 0 Å². The van der Waals surface area contributed by atoms with Crippen molar-refractivity contribution < 1.29 is 24.2 Å². The number of carbonyl (C=O) groups excluding carboxylic acids is 2. The van der Waals surface area contributed by atoms with E-state index in [-0.39, 0.29) is 30.6 Å². The van der Waals surface area contributed by atoms with E-state index >= 15 is 0 Å². The van der Waals surface area contributed by atoms with Gasteiger partial charge in [0.25, 0.3) is 0 Å². The number of aliphatic carboxylic acids is 1. The van der Waals surface area contributed by atoms with Crippen LogP contribution < -0.4 is 15.0 Å². The number of nitrogens with one attached hydrogen (secondary N) is 1. The normalized spacial score (nSPS) is 16.6. The number of methoxy groups -OCH3 is 1. The molecule has 0 spiro atoms. The van der Waals surface area contributed by atoms with Gasteiger partial charge in [-0.1, -0.05) is 12.5 Å². The Morgan fingerprint density at radius 2 is 2.08 bits per heavy atom. The molecule has 1 aromatic rings. The number of carboxylic acid groups (broad SMARTS) is 1. The number of anilines is 1. The fourth-order valence-electron chi connectivity index (χ4n) is 3.06. The average molecular weight is 362 g/mol. The van der Waals surface area contributed by atoms with E-state index in [9.17, 15) is 14.4 Å². The summed E-state index contributed by atoms with van der Waals surface area (Å²) in [5, 5.41) is 11.4. The summed E-state index contributed by atoms with van der Waals surface area (Å²) in [6.07, 6.45) is 2.42. The number of rotatable bonds is 9. The lowest BCUT2D eigenvalue weighted by molar-refractivity contribution is -0.137. The van der Waals surface area contributed by atoms with Gasteiger partial charge in [0.05, 0.1) is 18.7 Å². The van der Waals surface area contributed by atoms with Crippen LogP contribution in [0.1, 0.15) is 37.7 Å². The SMILES string of the molecule is COc1ccc(C)cc1N1CC(C(=O)NCCCCCC(=O)O)CC1=O. The number of unbranched alkanes of at least 4 members (excludes halogenated alkanes) is 2. The van der Waals surface area contributed by atoms with E-state index < -0.39 is 5.97 Å². The van der Waals surface area contributed by atoms with Crippen molar-refractivity contribution in [3.05, 3.63) is 23.8 Å². The van der Waals surface area contributed by atoms with E-state index in [2.05, 4.69) is 5.32 Å². The van der Waals surface area contributed by atoms with E-state index in [4.69, 9.17) is 9.84 Å². The van der Waals surface area contributed by atoms with Gasteiger partial charge in [-0.05, 0) is 37.5 Å². The monoisotopic (exact) mass is 362 g/mol. The van der Waals surface area contributed by atoms with Gasteiger partial charge in [0.15, 0.2) is 0 Å². The van der Waals surface area contributed by atoms with E-state index in [0.717, 1.165) is 18.4 Å². The van der Waals surface area contributed by atoms with Gasteiger partial charge in [0, 0.05) is 25.9 Å². The first-order valence-electron chi connectivity index (χ1n) is 8.87. The third-order valence-corrected chi connectivity index (χ3v) is 4.49. The summed E-state index contributed by atoms with van der Waals surface area (Å²) in [4.78, 5) is 36.8. The van der Waals surface area contributed by atoms with Crippen LogP contribution in [0.4, 0.5) is 5.69 Å². The Morgan fingerprint density at radius 3 is 2.77 bits per heavy atom. The Hall–Kier alpha value is -2.57. The molecule has 1 atom stereocenters. The smallest absolute Gasteiger partial charge is 0.303 e. The molecular weight excluding hydrogens is 336 g/mol. The number of hydrogen-bond donors (Lipinski definition) is 2. The molecule has 1 aliphatic rings. The standard InChI is InChI=1S/C19H26N2O5/c1-13-7-8-16(26-2)15(10-13)21-12-14(11-17(21)22)19(25)20-9-5-3-4-6-18(23)24/h7-8,10,14H,3-6,9,11-12H2,1-2H3,(H,20,25)(H,23,24). The first-order chi connectivity index (χ1) is 12.4. The molecule has 0 aliphatic carbocycles. The van der Waals surface area contributed by atoms with Crippen LogP contribution in [-0.4, -0.2) is 43.1 Å². The van der Waals surface area contributed by atoms with Gasteiger partial charge in [0.2, 0.25) is 11.8 Å². The van der Waals surface area contributed by atoms with E-state index in [1.54, 1.807) is 12.0 Å². The molecule has 1 heterocycles. The Balaban J connectivity index is 1.86. The zero-order valence-corrected chi connectivity index (χ0v) is 15.3. The Kier molecular flexibility index (Phi) is 7.00. The number of ether oxygens (including phenoxy) is 1. The molecule has 1 saturated heterocycles. The molecule has 7 heteroatoms. The topological polar surface area (TPSA) is 95.9 Å². The van der Waals surface area contributed by atoms with Gasteiger partial charge >= 0.3 is 5.97 Å². The van der Waals surface area contributed by atoms with Crippen molar-refractivity contribution in [1.29, 1.82) is 0 Å².